The summed E-state index contributed by atoms with van der Waals surface area (Å²) in [5.74, 6) is 3.27. The number of phenols is 2. The monoisotopic (exact) mass is 487 g/mol. The van der Waals surface area contributed by atoms with Crippen LogP contribution in [-0.2, 0) is 18.4 Å². The van der Waals surface area contributed by atoms with E-state index >= 15 is 0 Å². The molecule has 1 aromatic carbocycles. The van der Waals surface area contributed by atoms with Gasteiger partial charge >= 0.3 is 0 Å². The highest BCUT2D eigenvalue weighted by molar-refractivity contribution is 8.93. The Kier molecular flexibility index (Phi) is 4.40. The first kappa shape index (κ1) is 19.6. The maximum atomic E-state index is 10.2. The van der Waals surface area contributed by atoms with Crippen molar-refractivity contribution >= 4 is 28.3 Å². The molecule has 30 heavy (non-hydrogen) atoms. The Balaban J connectivity index is 0.00000175. The fraction of sp³-hybridized carbons (Fsp3) is 0.600. The van der Waals surface area contributed by atoms with E-state index in [1.54, 1.807) is 10.9 Å². The third-order valence-corrected chi connectivity index (χ3v) is 10.4. The molecule has 2 aromatic rings. The third kappa shape index (κ3) is 2.70. The van der Waals surface area contributed by atoms with Crippen molar-refractivity contribution in [2.75, 3.05) is 0 Å². The van der Waals surface area contributed by atoms with Gasteiger partial charge in [-0.05, 0) is 104 Å². The summed E-state index contributed by atoms with van der Waals surface area (Å²) >= 11 is 2.09. The summed E-state index contributed by atoms with van der Waals surface area (Å²) in [7, 11) is 0. The van der Waals surface area contributed by atoms with Gasteiger partial charge in [0.25, 0.3) is 0 Å². The van der Waals surface area contributed by atoms with Crippen LogP contribution < -0.4 is 5.32 Å². The highest BCUT2D eigenvalue weighted by atomic mass is 79.9. The summed E-state index contributed by atoms with van der Waals surface area (Å²) in [6, 6.07) is 6.66. The lowest BCUT2D eigenvalue weighted by molar-refractivity contribution is -0.00349. The molecule has 0 saturated heterocycles. The number of phenolic OH excluding ortho intramolecular Hbond substituents is 2. The molecule has 6 aliphatic rings. The highest BCUT2D eigenvalue weighted by Gasteiger charge is 2.52. The molecule has 5 aliphatic carbocycles. The molecule has 3 N–H and O–H groups in total. The van der Waals surface area contributed by atoms with E-state index in [4.69, 9.17) is 0 Å². The Morgan fingerprint density at radius 3 is 2.27 bits per heavy atom. The molecule has 3 nitrogen and oxygen atoms in total. The number of hydrogen-bond acceptors (Lipinski definition) is 4. The molecule has 2 unspecified atom stereocenters. The number of hydrogen-bond donors (Lipinski definition) is 3. The van der Waals surface area contributed by atoms with Crippen molar-refractivity contribution in [3.63, 3.8) is 0 Å². The molecule has 4 fully saturated rings. The molecule has 0 spiro atoms. The molecule has 160 valence electrons. The summed E-state index contributed by atoms with van der Waals surface area (Å²) in [6.07, 6.45) is 10.8. The van der Waals surface area contributed by atoms with E-state index in [1.807, 2.05) is 6.07 Å². The lowest BCUT2D eigenvalue weighted by Gasteiger charge is -2.56. The van der Waals surface area contributed by atoms with Crippen molar-refractivity contribution in [2.24, 2.45) is 17.8 Å². The lowest BCUT2D eigenvalue weighted by atomic mass is 9.49. The normalized spacial score (nSPS) is 37.8. The molecule has 2 atom stereocenters. The zero-order valence-corrected chi connectivity index (χ0v) is 19.7. The highest BCUT2D eigenvalue weighted by Crippen LogP contribution is 2.62. The SMILES string of the molecule is Br.Oc1cc2c(cc1O)C1c3cc(C45CC6CC(CC(C6)C4)C5)sc3CNC1CC2. The van der Waals surface area contributed by atoms with Crippen LogP contribution in [0.25, 0.3) is 0 Å². The van der Waals surface area contributed by atoms with Crippen LogP contribution >= 0.6 is 28.3 Å². The number of aromatic hydroxyl groups is 2. The van der Waals surface area contributed by atoms with Crippen molar-refractivity contribution in [3.05, 3.63) is 44.6 Å². The number of rotatable bonds is 1. The standard InChI is InChI=1S/C25H29NO2S.BrH/c27-20-6-16-1-2-19-24(17(16)7-21(20)28)18-8-23(29-22(18)12-26-19)25-9-13-3-14(10-25)5-15(4-13)11-25;/h6-8,13-15,19,24,26-28H,1-5,9-12H2;1H. The Morgan fingerprint density at radius 2 is 1.57 bits per heavy atom. The zero-order chi connectivity index (χ0) is 19.3. The van der Waals surface area contributed by atoms with E-state index in [1.165, 1.54) is 60.1 Å². The topological polar surface area (TPSA) is 52.5 Å². The number of fused-ring (bicyclic) bond motifs is 5. The first-order valence-electron chi connectivity index (χ1n) is 11.5. The van der Waals surface area contributed by atoms with Crippen molar-refractivity contribution in [1.29, 1.82) is 0 Å². The quantitative estimate of drug-likeness (QED) is 0.448. The van der Waals surface area contributed by atoms with Gasteiger partial charge in [-0.25, -0.2) is 0 Å². The lowest BCUT2D eigenvalue weighted by Crippen LogP contribution is -2.48. The molecule has 0 amide bonds. The van der Waals surface area contributed by atoms with Crippen LogP contribution in [0.4, 0.5) is 0 Å². The molecule has 2 heterocycles. The van der Waals surface area contributed by atoms with Crippen molar-refractivity contribution in [3.8, 4) is 11.5 Å². The third-order valence-electron chi connectivity index (χ3n) is 8.96. The minimum absolute atomic E-state index is 0. The van der Waals surface area contributed by atoms with E-state index < -0.39 is 0 Å². The van der Waals surface area contributed by atoms with Gasteiger partial charge in [-0.2, -0.15) is 0 Å². The summed E-state index contributed by atoms with van der Waals surface area (Å²) in [5.41, 5.74) is 4.40. The van der Waals surface area contributed by atoms with Gasteiger partial charge in [-0.3, -0.25) is 0 Å². The van der Waals surface area contributed by atoms with Crippen LogP contribution in [0, 0.1) is 17.8 Å². The second-order valence-corrected chi connectivity index (χ2v) is 11.9. The number of aryl methyl sites for hydroxylation is 1. The van der Waals surface area contributed by atoms with Crippen LogP contribution in [-0.4, -0.2) is 16.3 Å². The number of nitrogens with one attached hydrogen (secondary N) is 1. The van der Waals surface area contributed by atoms with E-state index in [-0.39, 0.29) is 28.5 Å². The summed E-state index contributed by atoms with van der Waals surface area (Å²) in [5, 5.41) is 24.0. The predicted octanol–water partition coefficient (Wildman–Crippen LogP) is 5.75. The smallest absolute Gasteiger partial charge is 0.157 e. The average Bonchev–Trinajstić information content (AvgIpc) is 3.13. The Bertz CT molecular complexity index is 980. The minimum atomic E-state index is 0. The number of halogens is 1. The Morgan fingerprint density at radius 1 is 0.900 bits per heavy atom. The summed E-state index contributed by atoms with van der Waals surface area (Å²) in [6.45, 7) is 0.993. The molecular formula is C25H30BrNO2S. The van der Waals surface area contributed by atoms with Crippen molar-refractivity contribution in [2.45, 2.75) is 75.3 Å². The van der Waals surface area contributed by atoms with Gasteiger partial charge in [0.15, 0.2) is 11.5 Å². The summed E-state index contributed by atoms with van der Waals surface area (Å²) < 4.78 is 0. The molecule has 4 bridgehead atoms. The van der Waals surface area contributed by atoms with Crippen LogP contribution in [0.3, 0.4) is 0 Å². The van der Waals surface area contributed by atoms with Crippen LogP contribution in [0.15, 0.2) is 18.2 Å². The maximum Gasteiger partial charge on any atom is 0.157 e. The van der Waals surface area contributed by atoms with E-state index in [2.05, 4.69) is 22.7 Å². The summed E-state index contributed by atoms with van der Waals surface area (Å²) in [4.78, 5) is 3.18. The first-order valence-corrected chi connectivity index (χ1v) is 12.3. The van der Waals surface area contributed by atoms with Crippen LogP contribution in [0.5, 0.6) is 11.5 Å². The molecule has 0 radical (unpaired) electrons. The van der Waals surface area contributed by atoms with Crippen molar-refractivity contribution in [1.82, 2.24) is 5.32 Å². The zero-order valence-electron chi connectivity index (χ0n) is 17.2. The van der Waals surface area contributed by atoms with Gasteiger partial charge in [0.2, 0.25) is 0 Å². The molecule has 4 saturated carbocycles. The first-order chi connectivity index (χ1) is 14.1. The van der Waals surface area contributed by atoms with Gasteiger partial charge in [0, 0.05) is 33.7 Å². The van der Waals surface area contributed by atoms with Gasteiger partial charge in [-0.15, -0.1) is 28.3 Å². The second kappa shape index (κ2) is 6.73. The molecule has 8 rings (SSSR count). The average molecular weight is 488 g/mol. The largest absolute Gasteiger partial charge is 0.504 e. The number of benzene rings is 1. The Labute approximate surface area is 192 Å². The fourth-order valence-corrected chi connectivity index (χ4v) is 9.56. The molecule has 5 heteroatoms. The molecule has 1 aliphatic heterocycles. The van der Waals surface area contributed by atoms with E-state index in [0.717, 1.165) is 37.1 Å². The van der Waals surface area contributed by atoms with Crippen molar-refractivity contribution < 1.29 is 10.2 Å². The maximum absolute atomic E-state index is 10.2. The fourth-order valence-electron chi connectivity index (χ4n) is 8.18. The van der Waals surface area contributed by atoms with E-state index in [9.17, 15) is 10.2 Å². The number of thiophene rings is 1. The molecular weight excluding hydrogens is 458 g/mol. The Hall–Kier alpha value is -1.04. The van der Waals surface area contributed by atoms with Crippen LogP contribution in [0.1, 0.15) is 77.3 Å². The van der Waals surface area contributed by atoms with E-state index in [0.29, 0.717) is 17.4 Å². The van der Waals surface area contributed by atoms with Gasteiger partial charge in [-0.1, -0.05) is 0 Å². The van der Waals surface area contributed by atoms with Gasteiger partial charge in [0.1, 0.15) is 0 Å². The second-order valence-electron chi connectivity index (χ2n) is 10.7. The minimum Gasteiger partial charge on any atom is -0.504 e. The van der Waals surface area contributed by atoms with Crippen LogP contribution in [0.2, 0.25) is 0 Å². The molecule has 1 aromatic heterocycles. The van der Waals surface area contributed by atoms with Gasteiger partial charge in [0.05, 0.1) is 0 Å². The van der Waals surface area contributed by atoms with Gasteiger partial charge < -0.3 is 15.5 Å². The predicted molar refractivity (Wildman–Crippen MR) is 125 cm³/mol.